The first kappa shape index (κ1) is 16.9. The summed E-state index contributed by atoms with van der Waals surface area (Å²) in [5.41, 5.74) is -0.0591. The Morgan fingerprint density at radius 3 is 2.58 bits per heavy atom. The Bertz CT molecular complexity index is 243. The standard InChI is InChI=1S/C16H34N2O/c1-5-14(2)12-18(4)11-7-6-10-16(3,13-19)17-15-8-9-15/h14-15,17,19H,5-13H2,1-4H3. The number of rotatable bonds is 11. The van der Waals surface area contributed by atoms with Gasteiger partial charge in [0.05, 0.1) is 6.61 Å². The summed E-state index contributed by atoms with van der Waals surface area (Å²) in [6.07, 6.45) is 7.34. The van der Waals surface area contributed by atoms with Crippen LogP contribution in [-0.4, -0.2) is 48.3 Å². The van der Waals surface area contributed by atoms with Crippen molar-refractivity contribution in [1.82, 2.24) is 10.2 Å². The first-order chi connectivity index (χ1) is 8.99. The third-order valence-corrected chi connectivity index (χ3v) is 4.32. The summed E-state index contributed by atoms with van der Waals surface area (Å²) in [5.74, 6) is 0.796. The van der Waals surface area contributed by atoms with Gasteiger partial charge in [0.25, 0.3) is 0 Å². The van der Waals surface area contributed by atoms with Crippen LogP contribution in [0.1, 0.15) is 59.3 Å². The molecule has 0 bridgehead atoms. The number of unbranched alkanes of at least 4 members (excludes halogenated alkanes) is 1. The molecule has 2 N–H and O–H groups in total. The Morgan fingerprint density at radius 2 is 2.05 bits per heavy atom. The third-order valence-electron chi connectivity index (χ3n) is 4.32. The summed E-state index contributed by atoms with van der Waals surface area (Å²) in [6.45, 7) is 9.37. The number of hydrogen-bond donors (Lipinski definition) is 2. The van der Waals surface area contributed by atoms with E-state index >= 15 is 0 Å². The lowest BCUT2D eigenvalue weighted by Crippen LogP contribution is -2.47. The van der Waals surface area contributed by atoms with Crippen LogP contribution in [-0.2, 0) is 0 Å². The summed E-state index contributed by atoms with van der Waals surface area (Å²) in [7, 11) is 2.22. The van der Waals surface area contributed by atoms with Crippen molar-refractivity contribution in [3.8, 4) is 0 Å². The molecule has 0 radical (unpaired) electrons. The van der Waals surface area contributed by atoms with Crippen molar-refractivity contribution in [1.29, 1.82) is 0 Å². The fraction of sp³-hybridized carbons (Fsp3) is 1.00. The van der Waals surface area contributed by atoms with Crippen LogP contribution < -0.4 is 5.32 Å². The van der Waals surface area contributed by atoms with Crippen molar-refractivity contribution < 1.29 is 5.11 Å². The van der Waals surface area contributed by atoms with Crippen molar-refractivity contribution in [3.63, 3.8) is 0 Å². The molecule has 2 unspecified atom stereocenters. The molecule has 1 aliphatic rings. The predicted octanol–water partition coefficient (Wildman–Crippen LogP) is 2.64. The average Bonchev–Trinajstić information content (AvgIpc) is 3.18. The normalized spacial score (nSPS) is 20.5. The van der Waals surface area contributed by atoms with Gasteiger partial charge in [0.1, 0.15) is 0 Å². The van der Waals surface area contributed by atoms with E-state index in [9.17, 15) is 5.11 Å². The van der Waals surface area contributed by atoms with Crippen LogP contribution in [0.25, 0.3) is 0 Å². The summed E-state index contributed by atoms with van der Waals surface area (Å²) in [4.78, 5) is 2.44. The van der Waals surface area contributed by atoms with E-state index in [1.54, 1.807) is 0 Å². The van der Waals surface area contributed by atoms with E-state index in [0.717, 1.165) is 12.3 Å². The van der Waals surface area contributed by atoms with Crippen molar-refractivity contribution in [2.75, 3.05) is 26.7 Å². The lowest BCUT2D eigenvalue weighted by molar-refractivity contribution is 0.159. The summed E-state index contributed by atoms with van der Waals surface area (Å²) >= 11 is 0. The highest BCUT2D eigenvalue weighted by Gasteiger charge is 2.31. The molecule has 3 nitrogen and oxygen atoms in total. The Balaban J connectivity index is 2.10. The fourth-order valence-corrected chi connectivity index (χ4v) is 2.57. The van der Waals surface area contributed by atoms with Crippen molar-refractivity contribution >= 4 is 0 Å². The average molecular weight is 270 g/mol. The van der Waals surface area contributed by atoms with Crippen LogP contribution in [0.15, 0.2) is 0 Å². The van der Waals surface area contributed by atoms with E-state index in [-0.39, 0.29) is 12.1 Å². The highest BCUT2D eigenvalue weighted by atomic mass is 16.3. The van der Waals surface area contributed by atoms with Crippen molar-refractivity contribution in [3.05, 3.63) is 0 Å². The molecule has 1 aliphatic carbocycles. The van der Waals surface area contributed by atoms with Gasteiger partial charge < -0.3 is 15.3 Å². The summed E-state index contributed by atoms with van der Waals surface area (Å²) in [6, 6.07) is 0.672. The minimum Gasteiger partial charge on any atom is -0.394 e. The molecule has 0 heterocycles. The molecule has 0 aromatic rings. The van der Waals surface area contributed by atoms with E-state index in [0.29, 0.717) is 6.04 Å². The Morgan fingerprint density at radius 1 is 1.37 bits per heavy atom. The topological polar surface area (TPSA) is 35.5 Å². The van der Waals surface area contributed by atoms with Crippen molar-refractivity contribution in [2.45, 2.75) is 70.9 Å². The van der Waals surface area contributed by atoms with Gasteiger partial charge in [-0.1, -0.05) is 26.7 Å². The maximum Gasteiger partial charge on any atom is 0.0610 e. The number of nitrogens with one attached hydrogen (secondary N) is 1. The molecule has 0 amide bonds. The van der Waals surface area contributed by atoms with Gasteiger partial charge in [0.15, 0.2) is 0 Å². The smallest absolute Gasteiger partial charge is 0.0610 e. The summed E-state index contributed by atoms with van der Waals surface area (Å²) < 4.78 is 0. The first-order valence-corrected chi connectivity index (χ1v) is 8.06. The van der Waals surface area contributed by atoms with Crippen LogP contribution in [0.4, 0.5) is 0 Å². The van der Waals surface area contributed by atoms with E-state index in [1.165, 1.54) is 45.2 Å². The maximum atomic E-state index is 9.55. The van der Waals surface area contributed by atoms with E-state index in [1.807, 2.05) is 0 Å². The molecule has 0 aromatic heterocycles. The molecule has 19 heavy (non-hydrogen) atoms. The third kappa shape index (κ3) is 7.28. The van der Waals surface area contributed by atoms with Gasteiger partial charge in [0.2, 0.25) is 0 Å². The van der Waals surface area contributed by atoms with Crippen LogP contribution >= 0.6 is 0 Å². The van der Waals surface area contributed by atoms with Gasteiger partial charge in [-0.25, -0.2) is 0 Å². The Hall–Kier alpha value is -0.120. The molecule has 0 saturated heterocycles. The maximum absolute atomic E-state index is 9.55. The second-order valence-corrected chi connectivity index (χ2v) is 6.87. The van der Waals surface area contributed by atoms with Crippen LogP contribution in [0, 0.1) is 5.92 Å². The molecular weight excluding hydrogens is 236 g/mol. The monoisotopic (exact) mass is 270 g/mol. The minimum atomic E-state index is -0.0591. The van der Waals surface area contributed by atoms with Gasteiger partial charge >= 0.3 is 0 Å². The fourth-order valence-electron chi connectivity index (χ4n) is 2.57. The number of aliphatic hydroxyl groups is 1. The zero-order chi connectivity index (χ0) is 14.3. The molecule has 0 aliphatic heterocycles. The number of hydrogen-bond acceptors (Lipinski definition) is 3. The molecule has 3 heteroatoms. The van der Waals surface area contributed by atoms with Crippen LogP contribution in [0.5, 0.6) is 0 Å². The zero-order valence-corrected chi connectivity index (χ0v) is 13.4. The minimum absolute atomic E-state index is 0.0591. The zero-order valence-electron chi connectivity index (χ0n) is 13.4. The SMILES string of the molecule is CCC(C)CN(C)CCCCC(C)(CO)NC1CC1. The lowest BCUT2D eigenvalue weighted by atomic mass is 9.95. The highest BCUT2D eigenvalue weighted by Crippen LogP contribution is 2.24. The van der Waals surface area contributed by atoms with Crippen LogP contribution in [0.2, 0.25) is 0 Å². The van der Waals surface area contributed by atoms with E-state index in [2.05, 4.69) is 38.0 Å². The first-order valence-electron chi connectivity index (χ1n) is 8.06. The molecule has 2 atom stereocenters. The molecule has 114 valence electrons. The van der Waals surface area contributed by atoms with Crippen molar-refractivity contribution in [2.24, 2.45) is 5.92 Å². The number of nitrogens with zero attached hydrogens (tertiary/aromatic N) is 1. The summed E-state index contributed by atoms with van der Waals surface area (Å²) in [5, 5.41) is 13.1. The number of aliphatic hydroxyl groups excluding tert-OH is 1. The molecule has 0 aromatic carbocycles. The predicted molar refractivity (Wildman–Crippen MR) is 82.5 cm³/mol. The lowest BCUT2D eigenvalue weighted by Gasteiger charge is -2.29. The quantitative estimate of drug-likeness (QED) is 0.567. The van der Waals surface area contributed by atoms with Gasteiger partial charge in [0, 0.05) is 18.1 Å². The molecule has 1 saturated carbocycles. The van der Waals surface area contributed by atoms with E-state index < -0.39 is 0 Å². The van der Waals surface area contributed by atoms with Gasteiger partial charge in [-0.2, -0.15) is 0 Å². The molecule has 1 fully saturated rings. The molecule has 0 spiro atoms. The van der Waals surface area contributed by atoms with Crippen LogP contribution in [0.3, 0.4) is 0 Å². The van der Waals surface area contributed by atoms with Gasteiger partial charge in [-0.05, 0) is 52.1 Å². The second-order valence-electron chi connectivity index (χ2n) is 6.87. The highest BCUT2D eigenvalue weighted by molar-refractivity contribution is 4.92. The molecule has 1 rings (SSSR count). The Labute approximate surface area is 119 Å². The second kappa shape index (κ2) is 8.23. The van der Waals surface area contributed by atoms with E-state index in [4.69, 9.17) is 0 Å². The van der Waals surface area contributed by atoms with Gasteiger partial charge in [-0.3, -0.25) is 0 Å². The largest absolute Gasteiger partial charge is 0.394 e. The molecular formula is C16H34N2O. The Kier molecular flexibility index (Phi) is 7.33. The van der Waals surface area contributed by atoms with Gasteiger partial charge in [-0.15, -0.1) is 0 Å².